The molecule has 0 atom stereocenters. The summed E-state index contributed by atoms with van der Waals surface area (Å²) in [6.45, 7) is 18.1. The Morgan fingerprint density at radius 1 is 1.00 bits per heavy atom. The van der Waals surface area contributed by atoms with E-state index in [-0.39, 0.29) is 20.9 Å². The van der Waals surface area contributed by atoms with Gasteiger partial charge in [-0.1, -0.05) is 19.7 Å². The summed E-state index contributed by atoms with van der Waals surface area (Å²) < 4.78 is 5.51. The van der Waals surface area contributed by atoms with Crippen LogP contribution in [-0.2, 0) is 13.7 Å². The molecule has 0 amide bonds. The molecule has 0 aliphatic heterocycles. The van der Waals surface area contributed by atoms with E-state index in [1.807, 2.05) is 0 Å². The van der Waals surface area contributed by atoms with E-state index in [0.717, 1.165) is 0 Å². The van der Waals surface area contributed by atoms with Gasteiger partial charge >= 0.3 is 11.9 Å². The molecule has 0 spiro atoms. The monoisotopic (exact) mass is 306 g/mol. The molecule has 0 saturated heterocycles. The van der Waals surface area contributed by atoms with Crippen LogP contribution in [0.1, 0.15) is 13.8 Å². The highest BCUT2D eigenvalue weighted by molar-refractivity contribution is 6.73. The predicted molar refractivity (Wildman–Crippen MR) is 83.7 cm³/mol. The zero-order valence-electron chi connectivity index (χ0n) is 12.7. The fraction of sp³-hybridized carbons (Fsp3) is 0.500. The summed E-state index contributed by atoms with van der Waals surface area (Å²) in [7, 11) is -1.22. The Morgan fingerprint density at radius 2 is 1.21 bits per heavy atom. The molecular formula is C12H26O5Si2. The van der Waals surface area contributed by atoms with Gasteiger partial charge in [-0.05, 0) is 33.5 Å². The fourth-order valence-corrected chi connectivity index (χ4v) is 3.90. The van der Waals surface area contributed by atoms with E-state index >= 15 is 0 Å². The van der Waals surface area contributed by atoms with E-state index < -0.39 is 20.3 Å². The molecule has 0 aromatic heterocycles. The average molecular weight is 307 g/mol. The van der Waals surface area contributed by atoms with Crippen molar-refractivity contribution in [2.24, 2.45) is 0 Å². The molecule has 7 heteroatoms. The van der Waals surface area contributed by atoms with Crippen molar-refractivity contribution in [2.45, 2.75) is 40.0 Å². The molecule has 2 N–H and O–H groups in total. The van der Waals surface area contributed by atoms with E-state index in [9.17, 15) is 9.59 Å². The van der Waals surface area contributed by atoms with Crippen LogP contribution in [0.3, 0.4) is 0 Å². The predicted octanol–water partition coefficient (Wildman–Crippen LogP) is 2.26. The Balaban J connectivity index is -0.000000203. The maximum absolute atomic E-state index is 9.60. The van der Waals surface area contributed by atoms with Crippen LogP contribution >= 0.6 is 0 Å². The van der Waals surface area contributed by atoms with Gasteiger partial charge in [0.1, 0.15) is 9.76 Å². The zero-order valence-corrected chi connectivity index (χ0v) is 15.2. The number of hydrogen-bond donors (Lipinski definition) is 2. The summed E-state index contributed by atoms with van der Waals surface area (Å²) in [5.74, 6) is -1.87. The molecule has 0 unspecified atom stereocenters. The minimum absolute atomic E-state index is 0.128. The Bertz CT molecular complexity index is 271. The topological polar surface area (TPSA) is 83.8 Å². The highest BCUT2D eigenvalue weighted by atomic mass is 28.4. The van der Waals surface area contributed by atoms with Crippen molar-refractivity contribution in [1.29, 1.82) is 0 Å². The van der Waals surface area contributed by atoms with Crippen molar-refractivity contribution in [3.63, 3.8) is 0 Å². The van der Waals surface area contributed by atoms with Gasteiger partial charge in [0, 0.05) is 11.1 Å². The molecule has 5 nitrogen and oxygen atoms in total. The average Bonchev–Trinajstić information content (AvgIpc) is 2.16. The largest absolute Gasteiger partial charge is 0.478 e. The second kappa shape index (κ2) is 11.9. The van der Waals surface area contributed by atoms with Gasteiger partial charge in [0.15, 0.2) is 8.32 Å². The second-order valence-electron chi connectivity index (χ2n) is 4.72. The fourth-order valence-electron chi connectivity index (χ4n) is 0.433. The maximum atomic E-state index is 9.60. The number of hydrogen-bond acceptors (Lipinski definition) is 3. The molecule has 0 fully saturated rings. The molecule has 0 bridgehead atoms. The summed E-state index contributed by atoms with van der Waals surface area (Å²) in [6.07, 6.45) is 0. The van der Waals surface area contributed by atoms with Gasteiger partial charge < -0.3 is 14.3 Å². The SMILES string of the molecule is C=C(C)C(=O)O.C=C(C)C(=O)O.C[SiH2]O[Si](C)(C)C. The number of carboxylic acids is 2. The third kappa shape index (κ3) is 31.6. The van der Waals surface area contributed by atoms with E-state index in [1.165, 1.54) is 13.8 Å². The minimum atomic E-state index is -1.10. The Labute approximate surface area is 119 Å². The lowest BCUT2D eigenvalue weighted by Crippen LogP contribution is -2.26. The number of carbonyl (C=O) groups is 2. The van der Waals surface area contributed by atoms with Crippen LogP contribution in [0.25, 0.3) is 0 Å². The van der Waals surface area contributed by atoms with Crippen LogP contribution in [0.15, 0.2) is 24.3 Å². The summed E-state index contributed by atoms with van der Waals surface area (Å²) in [5, 5.41) is 15.8. The second-order valence-corrected chi connectivity index (χ2v) is 10.7. The molecule has 0 saturated carbocycles. The zero-order chi connectivity index (χ0) is 16.2. The standard InChI is InChI=1S/2C4H6O2.C4H14OSi2/c2*1-3(2)4(5)6;1-6-5-7(2,3)4/h2*1H2,2H3,(H,5,6);6H2,1-4H3. The van der Waals surface area contributed by atoms with Gasteiger partial charge in [0.25, 0.3) is 0 Å². The van der Waals surface area contributed by atoms with Crippen LogP contribution in [-0.4, -0.2) is 40.2 Å². The first-order chi connectivity index (χ1) is 8.35. The Hall–Kier alpha value is -1.19. The van der Waals surface area contributed by atoms with Crippen LogP contribution in [0, 0.1) is 0 Å². The van der Waals surface area contributed by atoms with Gasteiger partial charge in [0.2, 0.25) is 0 Å². The number of carboxylic acid groups (broad SMARTS) is 2. The number of rotatable bonds is 4. The van der Waals surface area contributed by atoms with Crippen LogP contribution in [0.2, 0.25) is 26.2 Å². The lowest BCUT2D eigenvalue weighted by molar-refractivity contribution is -0.133. The molecule has 0 aromatic rings. The highest BCUT2D eigenvalue weighted by Crippen LogP contribution is 1.99. The molecule has 0 aromatic carbocycles. The Kier molecular flexibility index (Phi) is 14.3. The van der Waals surface area contributed by atoms with Gasteiger partial charge in [-0.2, -0.15) is 0 Å². The third-order valence-corrected chi connectivity index (χ3v) is 5.93. The van der Waals surface area contributed by atoms with Gasteiger partial charge in [-0.25, -0.2) is 9.59 Å². The summed E-state index contributed by atoms with van der Waals surface area (Å²) in [6, 6.07) is 0. The molecule has 0 aliphatic rings. The van der Waals surface area contributed by atoms with Crippen molar-refractivity contribution in [1.82, 2.24) is 0 Å². The minimum Gasteiger partial charge on any atom is -0.478 e. The van der Waals surface area contributed by atoms with Crippen molar-refractivity contribution in [3.05, 3.63) is 24.3 Å². The molecule has 0 heterocycles. The van der Waals surface area contributed by atoms with Crippen molar-refractivity contribution >= 4 is 30.0 Å². The van der Waals surface area contributed by atoms with Gasteiger partial charge in [-0.3, -0.25) is 0 Å². The summed E-state index contributed by atoms with van der Waals surface area (Å²) >= 11 is 0. The lowest BCUT2D eigenvalue weighted by atomic mass is 10.4. The van der Waals surface area contributed by atoms with Crippen LogP contribution in [0.4, 0.5) is 0 Å². The number of aliphatic carboxylic acids is 2. The first-order valence-electron chi connectivity index (χ1n) is 5.76. The Morgan fingerprint density at radius 3 is 1.21 bits per heavy atom. The van der Waals surface area contributed by atoms with Crippen molar-refractivity contribution in [3.8, 4) is 0 Å². The van der Waals surface area contributed by atoms with E-state index in [0.29, 0.717) is 0 Å². The molecule has 0 aliphatic carbocycles. The van der Waals surface area contributed by atoms with Gasteiger partial charge in [-0.15, -0.1) is 0 Å². The van der Waals surface area contributed by atoms with Crippen molar-refractivity contribution in [2.75, 3.05) is 0 Å². The highest BCUT2D eigenvalue weighted by Gasteiger charge is 2.10. The molecule has 0 rings (SSSR count). The summed E-state index contributed by atoms with van der Waals surface area (Å²) in [4.78, 5) is 19.2. The van der Waals surface area contributed by atoms with E-state index in [1.54, 1.807) is 0 Å². The molecule has 112 valence electrons. The summed E-state index contributed by atoms with van der Waals surface area (Å²) in [5.41, 5.74) is 0.352. The molecule has 19 heavy (non-hydrogen) atoms. The smallest absolute Gasteiger partial charge is 0.330 e. The maximum Gasteiger partial charge on any atom is 0.330 e. The van der Waals surface area contributed by atoms with Gasteiger partial charge in [0.05, 0.1) is 0 Å². The van der Waals surface area contributed by atoms with E-state index in [2.05, 4.69) is 39.3 Å². The quantitative estimate of drug-likeness (QED) is 0.615. The van der Waals surface area contributed by atoms with Crippen LogP contribution < -0.4 is 0 Å². The normalized spacial score (nSPS) is 9.79. The first-order valence-corrected chi connectivity index (χ1v) is 11.2. The van der Waals surface area contributed by atoms with Crippen LogP contribution in [0.5, 0.6) is 0 Å². The first kappa shape index (κ1) is 22.9. The molecule has 0 radical (unpaired) electrons. The van der Waals surface area contributed by atoms with E-state index in [4.69, 9.17) is 14.3 Å². The lowest BCUT2D eigenvalue weighted by Gasteiger charge is -2.14. The van der Waals surface area contributed by atoms with Crippen molar-refractivity contribution < 1.29 is 23.9 Å². The molecular weight excluding hydrogens is 280 g/mol. The third-order valence-electron chi connectivity index (χ3n) is 1.31.